The van der Waals surface area contributed by atoms with E-state index in [9.17, 15) is 4.79 Å². The van der Waals surface area contributed by atoms with Gasteiger partial charge < -0.3 is 10.6 Å². The number of carbonyl (C=O) groups is 1. The molecule has 1 amide bonds. The quantitative estimate of drug-likeness (QED) is 0.427. The second kappa shape index (κ2) is 8.20. The van der Waals surface area contributed by atoms with Gasteiger partial charge in [-0.25, -0.2) is 0 Å². The monoisotopic (exact) mass is 278 g/mol. The molecular weight excluding hydrogens is 260 g/mol. The van der Waals surface area contributed by atoms with E-state index in [0.717, 1.165) is 11.3 Å². The lowest BCUT2D eigenvalue weighted by Gasteiger charge is -2.09. The number of amides is 1. The number of hydrogen-bond acceptors (Lipinski definition) is 3. The van der Waals surface area contributed by atoms with Crippen molar-refractivity contribution in [1.29, 1.82) is 0 Å². The van der Waals surface area contributed by atoms with Crippen LogP contribution in [-0.4, -0.2) is 30.3 Å². The second-order valence-electron chi connectivity index (χ2n) is 3.75. The van der Waals surface area contributed by atoms with Gasteiger partial charge in [-0.3, -0.25) is 10.2 Å². The van der Waals surface area contributed by atoms with Crippen LogP contribution in [0, 0.1) is 0 Å². The highest BCUT2D eigenvalue weighted by Crippen LogP contribution is 2.00. The SMILES string of the molecule is CCC(=O)NC/C(=N/NC(=S)NC)c1ccccc1. The number of carbonyl (C=O) groups excluding carboxylic acids is 1. The summed E-state index contributed by atoms with van der Waals surface area (Å²) >= 11 is 4.97. The molecule has 1 aromatic rings. The molecule has 0 heterocycles. The van der Waals surface area contributed by atoms with Crippen molar-refractivity contribution in [2.75, 3.05) is 13.6 Å². The molecule has 0 atom stereocenters. The zero-order valence-corrected chi connectivity index (χ0v) is 11.9. The summed E-state index contributed by atoms with van der Waals surface area (Å²) in [5, 5.41) is 10.2. The predicted octanol–water partition coefficient (Wildman–Crippen LogP) is 1.01. The fraction of sp³-hybridized carbons (Fsp3) is 0.308. The van der Waals surface area contributed by atoms with Gasteiger partial charge in [-0.15, -0.1) is 0 Å². The normalized spacial score (nSPS) is 10.7. The molecule has 0 spiro atoms. The van der Waals surface area contributed by atoms with Gasteiger partial charge in [0, 0.05) is 13.5 Å². The first-order chi connectivity index (χ1) is 9.17. The van der Waals surface area contributed by atoms with Crippen LogP contribution in [0.4, 0.5) is 0 Å². The summed E-state index contributed by atoms with van der Waals surface area (Å²) in [6, 6.07) is 9.63. The van der Waals surface area contributed by atoms with Crippen LogP contribution in [-0.2, 0) is 4.79 Å². The minimum atomic E-state index is -0.0141. The largest absolute Gasteiger partial charge is 0.364 e. The number of hydrogen-bond donors (Lipinski definition) is 3. The summed E-state index contributed by atoms with van der Waals surface area (Å²) in [6.07, 6.45) is 0.449. The number of nitrogens with zero attached hydrogens (tertiary/aromatic N) is 1. The van der Waals surface area contributed by atoms with E-state index >= 15 is 0 Å². The van der Waals surface area contributed by atoms with Gasteiger partial charge in [0.15, 0.2) is 5.11 Å². The van der Waals surface area contributed by atoms with Gasteiger partial charge in [0.1, 0.15) is 0 Å². The molecule has 1 rings (SSSR count). The van der Waals surface area contributed by atoms with Crippen molar-refractivity contribution in [3.05, 3.63) is 35.9 Å². The van der Waals surface area contributed by atoms with Crippen LogP contribution < -0.4 is 16.1 Å². The Labute approximate surface area is 118 Å². The van der Waals surface area contributed by atoms with E-state index in [2.05, 4.69) is 21.2 Å². The Morgan fingerprint density at radius 1 is 1.32 bits per heavy atom. The topological polar surface area (TPSA) is 65.5 Å². The van der Waals surface area contributed by atoms with Gasteiger partial charge in [-0.1, -0.05) is 37.3 Å². The maximum absolute atomic E-state index is 11.3. The molecule has 0 saturated carbocycles. The van der Waals surface area contributed by atoms with E-state index in [-0.39, 0.29) is 5.91 Å². The van der Waals surface area contributed by atoms with Crippen molar-refractivity contribution in [1.82, 2.24) is 16.1 Å². The molecule has 3 N–H and O–H groups in total. The smallest absolute Gasteiger partial charge is 0.220 e. The molecule has 0 aliphatic carbocycles. The third-order valence-electron chi connectivity index (χ3n) is 2.40. The van der Waals surface area contributed by atoms with Crippen LogP contribution >= 0.6 is 12.2 Å². The van der Waals surface area contributed by atoms with E-state index in [1.807, 2.05) is 37.3 Å². The Balaban J connectivity index is 2.79. The highest BCUT2D eigenvalue weighted by molar-refractivity contribution is 7.80. The Morgan fingerprint density at radius 2 is 2.00 bits per heavy atom. The van der Waals surface area contributed by atoms with Gasteiger partial charge >= 0.3 is 0 Å². The maximum atomic E-state index is 11.3. The lowest BCUT2D eigenvalue weighted by molar-refractivity contribution is -0.120. The number of benzene rings is 1. The van der Waals surface area contributed by atoms with Crippen LogP contribution in [0.25, 0.3) is 0 Å². The third-order valence-corrected chi connectivity index (χ3v) is 2.70. The van der Waals surface area contributed by atoms with Crippen molar-refractivity contribution in [3.63, 3.8) is 0 Å². The molecule has 0 bridgehead atoms. The molecule has 6 heteroatoms. The van der Waals surface area contributed by atoms with Crippen molar-refractivity contribution in [2.24, 2.45) is 5.10 Å². The summed E-state index contributed by atoms with van der Waals surface area (Å²) in [5.74, 6) is -0.0141. The Hall–Kier alpha value is -1.95. The van der Waals surface area contributed by atoms with Gasteiger partial charge in [0.2, 0.25) is 5.91 Å². The fourth-order valence-corrected chi connectivity index (χ4v) is 1.36. The fourth-order valence-electron chi connectivity index (χ4n) is 1.32. The van der Waals surface area contributed by atoms with Gasteiger partial charge in [0.05, 0.1) is 12.3 Å². The van der Waals surface area contributed by atoms with Crippen LogP contribution in [0.5, 0.6) is 0 Å². The number of nitrogens with one attached hydrogen (secondary N) is 3. The van der Waals surface area contributed by atoms with Gasteiger partial charge in [0.25, 0.3) is 0 Å². The van der Waals surface area contributed by atoms with Crippen LogP contribution in [0.15, 0.2) is 35.4 Å². The van der Waals surface area contributed by atoms with Crippen molar-refractivity contribution < 1.29 is 4.79 Å². The first-order valence-corrected chi connectivity index (χ1v) is 6.44. The zero-order chi connectivity index (χ0) is 14.1. The second-order valence-corrected chi connectivity index (χ2v) is 4.15. The van der Waals surface area contributed by atoms with Crippen LogP contribution in [0.2, 0.25) is 0 Å². The first-order valence-electron chi connectivity index (χ1n) is 6.03. The molecular formula is C13H18N4OS. The van der Waals surface area contributed by atoms with Gasteiger partial charge in [-0.2, -0.15) is 5.10 Å². The standard InChI is InChI=1S/C13H18N4OS/c1-3-12(18)15-9-11(16-17-13(19)14-2)10-7-5-4-6-8-10/h4-8H,3,9H2,1-2H3,(H,15,18)(H2,14,17,19)/b16-11-. The average molecular weight is 278 g/mol. The lowest BCUT2D eigenvalue weighted by atomic mass is 10.1. The lowest BCUT2D eigenvalue weighted by Crippen LogP contribution is -2.33. The molecule has 0 aliphatic rings. The molecule has 5 nitrogen and oxygen atoms in total. The molecule has 0 aromatic heterocycles. The molecule has 0 unspecified atom stereocenters. The van der Waals surface area contributed by atoms with E-state index in [0.29, 0.717) is 18.1 Å². The molecule has 102 valence electrons. The zero-order valence-electron chi connectivity index (χ0n) is 11.1. The molecule has 0 fully saturated rings. The molecule has 19 heavy (non-hydrogen) atoms. The summed E-state index contributed by atoms with van der Waals surface area (Å²) in [6.45, 7) is 2.17. The Bertz CT molecular complexity index is 459. The highest BCUT2D eigenvalue weighted by atomic mass is 32.1. The van der Waals surface area contributed by atoms with Crippen LogP contribution in [0.3, 0.4) is 0 Å². The molecule has 1 aromatic carbocycles. The first kappa shape index (κ1) is 15.1. The minimum absolute atomic E-state index is 0.0141. The van der Waals surface area contributed by atoms with E-state index < -0.39 is 0 Å². The van der Waals surface area contributed by atoms with Crippen molar-refractivity contribution in [3.8, 4) is 0 Å². The number of rotatable bonds is 5. The number of hydrazone groups is 1. The minimum Gasteiger partial charge on any atom is -0.364 e. The summed E-state index contributed by atoms with van der Waals surface area (Å²) < 4.78 is 0. The van der Waals surface area contributed by atoms with Crippen molar-refractivity contribution in [2.45, 2.75) is 13.3 Å². The van der Waals surface area contributed by atoms with Crippen LogP contribution in [0.1, 0.15) is 18.9 Å². The molecule has 0 saturated heterocycles. The Morgan fingerprint density at radius 3 is 2.58 bits per heavy atom. The highest BCUT2D eigenvalue weighted by Gasteiger charge is 2.05. The summed E-state index contributed by atoms with van der Waals surface area (Å²) in [5.41, 5.74) is 4.39. The van der Waals surface area contributed by atoms with E-state index in [1.54, 1.807) is 7.05 Å². The van der Waals surface area contributed by atoms with E-state index in [1.165, 1.54) is 0 Å². The van der Waals surface area contributed by atoms with E-state index in [4.69, 9.17) is 12.2 Å². The summed E-state index contributed by atoms with van der Waals surface area (Å²) in [7, 11) is 1.71. The maximum Gasteiger partial charge on any atom is 0.220 e. The number of thiocarbonyl (C=S) groups is 1. The average Bonchev–Trinajstić information content (AvgIpc) is 2.47. The van der Waals surface area contributed by atoms with Crippen molar-refractivity contribution >= 4 is 28.9 Å². The third kappa shape index (κ3) is 5.48. The van der Waals surface area contributed by atoms with Gasteiger partial charge in [-0.05, 0) is 17.8 Å². The Kier molecular flexibility index (Phi) is 6.52. The molecule has 0 aliphatic heterocycles. The molecule has 0 radical (unpaired) electrons. The predicted molar refractivity (Wildman–Crippen MR) is 81.1 cm³/mol. The summed E-state index contributed by atoms with van der Waals surface area (Å²) in [4.78, 5) is 11.3.